The zero-order valence-electron chi connectivity index (χ0n) is 12.1. The first-order chi connectivity index (χ1) is 8.30. The molecule has 1 saturated carbocycles. The molecule has 1 aromatic heterocycles. The fourth-order valence-corrected chi connectivity index (χ4v) is 3.90. The van der Waals surface area contributed by atoms with E-state index >= 15 is 0 Å². The van der Waals surface area contributed by atoms with E-state index in [9.17, 15) is 5.11 Å². The first-order valence-corrected chi connectivity index (χ1v) is 6.99. The number of nitrogens with zero attached hydrogens (tertiary/aromatic N) is 2. The summed E-state index contributed by atoms with van der Waals surface area (Å²) in [5.74, 6) is 0.616. The number of aliphatic hydroxyl groups is 1. The molecule has 0 bridgehead atoms. The molecule has 1 aliphatic carbocycles. The van der Waals surface area contributed by atoms with Gasteiger partial charge in [0.1, 0.15) is 0 Å². The van der Waals surface area contributed by atoms with Crippen molar-refractivity contribution in [1.82, 2.24) is 9.78 Å². The lowest BCUT2D eigenvalue weighted by molar-refractivity contribution is -0.0635. The zero-order valence-corrected chi connectivity index (χ0v) is 12.1. The molecule has 3 nitrogen and oxygen atoms in total. The molecular weight excluding hydrogens is 224 g/mol. The van der Waals surface area contributed by atoms with Gasteiger partial charge in [0.2, 0.25) is 0 Å². The third-order valence-corrected chi connectivity index (χ3v) is 4.21. The highest BCUT2D eigenvalue weighted by molar-refractivity contribution is 5.03. The number of hydrogen-bond acceptors (Lipinski definition) is 2. The van der Waals surface area contributed by atoms with Crippen molar-refractivity contribution in [2.45, 2.75) is 58.5 Å². The highest BCUT2D eigenvalue weighted by atomic mass is 16.3. The first kappa shape index (κ1) is 13.6. The Hall–Kier alpha value is -0.830. The lowest BCUT2D eigenvalue weighted by Crippen LogP contribution is -2.42. The Morgan fingerprint density at radius 3 is 2.72 bits per heavy atom. The Balaban J connectivity index is 2.01. The smallest absolute Gasteiger partial charge is 0.0659 e. The van der Waals surface area contributed by atoms with E-state index in [1.54, 1.807) is 0 Å². The van der Waals surface area contributed by atoms with E-state index in [0.717, 1.165) is 25.7 Å². The molecule has 1 fully saturated rings. The van der Waals surface area contributed by atoms with Crippen LogP contribution in [0.15, 0.2) is 12.3 Å². The van der Waals surface area contributed by atoms with Crippen LogP contribution >= 0.6 is 0 Å². The number of rotatable bonds is 3. The molecule has 2 rings (SSSR count). The van der Waals surface area contributed by atoms with Gasteiger partial charge < -0.3 is 5.11 Å². The van der Waals surface area contributed by atoms with E-state index in [0.29, 0.717) is 5.92 Å². The van der Waals surface area contributed by atoms with Crippen molar-refractivity contribution in [3.05, 3.63) is 18.0 Å². The Labute approximate surface area is 110 Å². The summed E-state index contributed by atoms with van der Waals surface area (Å²) in [6, 6.07) is 2.04. The van der Waals surface area contributed by atoms with Crippen LogP contribution < -0.4 is 0 Å². The van der Waals surface area contributed by atoms with Crippen LogP contribution in [0.2, 0.25) is 0 Å². The predicted octanol–water partition coefficient (Wildman–Crippen LogP) is 2.93. The maximum Gasteiger partial charge on any atom is 0.0659 e. The largest absolute Gasteiger partial charge is 0.390 e. The Morgan fingerprint density at radius 1 is 1.44 bits per heavy atom. The van der Waals surface area contributed by atoms with Crippen LogP contribution in [0.5, 0.6) is 0 Å². The summed E-state index contributed by atoms with van der Waals surface area (Å²) in [6.07, 6.45) is 6.67. The second-order valence-corrected chi connectivity index (χ2v) is 7.02. The van der Waals surface area contributed by atoms with Crippen molar-refractivity contribution in [2.75, 3.05) is 0 Å². The molecule has 0 aliphatic heterocycles. The van der Waals surface area contributed by atoms with Gasteiger partial charge in [-0.1, -0.05) is 20.8 Å². The molecule has 0 radical (unpaired) electrons. The van der Waals surface area contributed by atoms with Gasteiger partial charge in [-0.25, -0.2) is 0 Å². The quantitative estimate of drug-likeness (QED) is 0.895. The van der Waals surface area contributed by atoms with E-state index in [1.165, 1.54) is 12.1 Å². The normalized spacial score (nSPS) is 31.5. The molecule has 3 heteroatoms. The maximum absolute atomic E-state index is 10.8. The average Bonchev–Trinajstić information content (AvgIpc) is 2.57. The van der Waals surface area contributed by atoms with Gasteiger partial charge in [-0.2, -0.15) is 5.10 Å². The highest BCUT2D eigenvalue weighted by Crippen LogP contribution is 2.45. The molecule has 2 atom stereocenters. The van der Waals surface area contributed by atoms with Crippen molar-refractivity contribution in [1.29, 1.82) is 0 Å². The van der Waals surface area contributed by atoms with Crippen LogP contribution in [-0.4, -0.2) is 20.5 Å². The summed E-state index contributed by atoms with van der Waals surface area (Å²) in [5.41, 5.74) is 0.976. The summed E-state index contributed by atoms with van der Waals surface area (Å²) < 4.78 is 1.90. The number of hydrogen-bond donors (Lipinski definition) is 1. The van der Waals surface area contributed by atoms with Crippen LogP contribution in [0.25, 0.3) is 0 Å². The monoisotopic (exact) mass is 250 g/mol. The first-order valence-electron chi connectivity index (χ1n) is 6.99. The minimum Gasteiger partial charge on any atom is -0.390 e. The van der Waals surface area contributed by atoms with E-state index in [-0.39, 0.29) is 5.41 Å². The molecule has 1 aliphatic rings. The molecule has 2 unspecified atom stereocenters. The second-order valence-electron chi connectivity index (χ2n) is 7.02. The van der Waals surface area contributed by atoms with Crippen LogP contribution in [0, 0.1) is 11.3 Å². The van der Waals surface area contributed by atoms with E-state index < -0.39 is 5.60 Å². The third kappa shape index (κ3) is 3.14. The van der Waals surface area contributed by atoms with E-state index in [4.69, 9.17) is 0 Å². The molecular formula is C15H26N2O. The second kappa shape index (κ2) is 4.69. The molecule has 0 saturated heterocycles. The average molecular weight is 250 g/mol. The van der Waals surface area contributed by atoms with Gasteiger partial charge in [-0.05, 0) is 49.5 Å². The van der Waals surface area contributed by atoms with Gasteiger partial charge >= 0.3 is 0 Å². The fraction of sp³-hybridized carbons (Fsp3) is 0.800. The van der Waals surface area contributed by atoms with Crippen molar-refractivity contribution < 1.29 is 5.11 Å². The summed E-state index contributed by atoms with van der Waals surface area (Å²) in [6.45, 7) is 6.81. The highest BCUT2D eigenvalue weighted by Gasteiger charge is 2.41. The topological polar surface area (TPSA) is 38.1 Å². The molecule has 1 aromatic rings. The molecule has 18 heavy (non-hydrogen) atoms. The van der Waals surface area contributed by atoms with Gasteiger partial charge in [0, 0.05) is 18.9 Å². The summed E-state index contributed by atoms with van der Waals surface area (Å²) >= 11 is 0. The van der Waals surface area contributed by atoms with Crippen molar-refractivity contribution in [2.24, 2.45) is 18.4 Å². The summed E-state index contributed by atoms with van der Waals surface area (Å²) in [4.78, 5) is 0. The lowest BCUT2D eigenvalue weighted by Gasteiger charge is -2.44. The van der Waals surface area contributed by atoms with Gasteiger partial charge in [0.05, 0.1) is 5.60 Å². The number of aromatic nitrogens is 2. The summed E-state index contributed by atoms with van der Waals surface area (Å²) in [5, 5.41) is 15.0. The van der Waals surface area contributed by atoms with E-state index in [2.05, 4.69) is 25.9 Å². The fourth-order valence-electron chi connectivity index (χ4n) is 3.90. The molecule has 0 amide bonds. The Kier molecular flexibility index (Phi) is 3.54. The predicted molar refractivity (Wildman–Crippen MR) is 73.3 cm³/mol. The van der Waals surface area contributed by atoms with E-state index in [1.807, 2.05) is 24.0 Å². The summed E-state index contributed by atoms with van der Waals surface area (Å²) in [7, 11) is 1.97. The van der Waals surface area contributed by atoms with Gasteiger partial charge in [0.15, 0.2) is 0 Å². The molecule has 0 aromatic carbocycles. The number of aryl methyl sites for hydroxylation is 2. The standard InChI is InChI=1S/C15H26N2O/c1-12-9-14(2,3)11-15(18,10-12)7-5-13-6-8-16-17(13)4/h6,8,12,18H,5,7,9-11H2,1-4H3. The van der Waals surface area contributed by atoms with Crippen LogP contribution in [0.1, 0.15) is 52.1 Å². The minimum atomic E-state index is -0.495. The lowest BCUT2D eigenvalue weighted by atomic mass is 9.64. The maximum atomic E-state index is 10.8. The Morgan fingerprint density at radius 2 is 2.17 bits per heavy atom. The Bertz CT molecular complexity index is 410. The molecule has 0 spiro atoms. The van der Waals surface area contributed by atoms with Crippen molar-refractivity contribution in [3.8, 4) is 0 Å². The zero-order chi connectivity index (χ0) is 13.4. The van der Waals surface area contributed by atoms with Crippen molar-refractivity contribution in [3.63, 3.8) is 0 Å². The molecule has 102 valence electrons. The van der Waals surface area contributed by atoms with Crippen LogP contribution in [-0.2, 0) is 13.5 Å². The molecule has 1 heterocycles. The van der Waals surface area contributed by atoms with Crippen LogP contribution in [0.4, 0.5) is 0 Å². The van der Waals surface area contributed by atoms with Gasteiger partial charge in [-0.15, -0.1) is 0 Å². The van der Waals surface area contributed by atoms with Crippen LogP contribution in [0.3, 0.4) is 0 Å². The third-order valence-electron chi connectivity index (χ3n) is 4.21. The van der Waals surface area contributed by atoms with Gasteiger partial charge in [-0.3, -0.25) is 4.68 Å². The minimum absolute atomic E-state index is 0.263. The molecule has 1 N–H and O–H groups in total. The van der Waals surface area contributed by atoms with Gasteiger partial charge in [0.25, 0.3) is 0 Å². The SMILES string of the molecule is CC1CC(C)(C)CC(O)(CCc2ccnn2C)C1. The van der Waals surface area contributed by atoms with Crippen molar-refractivity contribution >= 4 is 0 Å².